The Hall–Kier alpha value is -1.72. The number of nitrogens with zero attached hydrogens (tertiary/aromatic N) is 1. The van der Waals surface area contributed by atoms with E-state index in [4.69, 9.17) is 9.47 Å². The summed E-state index contributed by atoms with van der Waals surface area (Å²) in [6, 6.07) is 4.17. The van der Waals surface area contributed by atoms with Gasteiger partial charge in [0, 0.05) is 55.9 Å². The van der Waals surface area contributed by atoms with Gasteiger partial charge in [0.25, 0.3) is 0 Å². The Morgan fingerprint density at radius 2 is 1.74 bits per heavy atom. The van der Waals surface area contributed by atoms with Crippen molar-refractivity contribution in [1.82, 2.24) is 15.2 Å². The molecule has 1 aliphatic rings. The van der Waals surface area contributed by atoms with E-state index in [0.29, 0.717) is 13.2 Å². The van der Waals surface area contributed by atoms with Crippen LogP contribution in [0.25, 0.3) is 10.9 Å². The maximum Gasteiger partial charge on any atom is 0.163 e. The van der Waals surface area contributed by atoms with E-state index in [1.54, 1.807) is 0 Å². The van der Waals surface area contributed by atoms with E-state index in [-0.39, 0.29) is 0 Å². The number of fused-ring (bicyclic) bond motifs is 1. The average Bonchev–Trinajstić information content (AvgIpc) is 2.97. The monoisotopic (exact) mass is 317 g/mol. The molecule has 0 spiro atoms. The molecule has 0 saturated carbocycles. The zero-order valence-electron chi connectivity index (χ0n) is 14.2. The van der Waals surface area contributed by atoms with Crippen molar-refractivity contribution in [2.45, 2.75) is 20.3 Å². The molecule has 1 aliphatic heterocycles. The van der Waals surface area contributed by atoms with Crippen LogP contribution in [-0.4, -0.2) is 55.8 Å². The first-order valence-corrected chi connectivity index (χ1v) is 8.64. The van der Waals surface area contributed by atoms with E-state index in [1.165, 1.54) is 10.9 Å². The number of aromatic amines is 1. The summed E-state index contributed by atoms with van der Waals surface area (Å²) in [5.74, 6) is 1.65. The van der Waals surface area contributed by atoms with E-state index in [0.717, 1.165) is 56.2 Å². The van der Waals surface area contributed by atoms with Gasteiger partial charge in [-0.05, 0) is 31.9 Å². The second kappa shape index (κ2) is 7.70. The van der Waals surface area contributed by atoms with Crippen molar-refractivity contribution < 1.29 is 9.47 Å². The van der Waals surface area contributed by atoms with E-state index < -0.39 is 0 Å². The van der Waals surface area contributed by atoms with Crippen LogP contribution in [0.3, 0.4) is 0 Å². The number of ether oxygens (including phenoxy) is 2. The van der Waals surface area contributed by atoms with Gasteiger partial charge in [-0.2, -0.15) is 0 Å². The molecular formula is C18H27N3O2. The summed E-state index contributed by atoms with van der Waals surface area (Å²) >= 11 is 0. The Labute approximate surface area is 138 Å². The maximum absolute atomic E-state index is 5.76. The van der Waals surface area contributed by atoms with Gasteiger partial charge < -0.3 is 24.7 Å². The quantitative estimate of drug-likeness (QED) is 0.823. The summed E-state index contributed by atoms with van der Waals surface area (Å²) in [6.45, 7) is 10.9. The van der Waals surface area contributed by atoms with Gasteiger partial charge in [0.2, 0.25) is 0 Å². The molecule has 2 N–H and O–H groups in total. The number of aromatic nitrogens is 1. The van der Waals surface area contributed by atoms with Crippen molar-refractivity contribution >= 4 is 10.9 Å². The summed E-state index contributed by atoms with van der Waals surface area (Å²) in [4.78, 5) is 5.90. The van der Waals surface area contributed by atoms with Crippen LogP contribution in [0.15, 0.2) is 18.3 Å². The van der Waals surface area contributed by atoms with E-state index in [1.807, 2.05) is 13.8 Å². The highest BCUT2D eigenvalue weighted by Gasteiger charge is 2.14. The standard InChI is InChI=1S/C18H27N3O2/c1-3-22-17-11-15-14(5-8-21-9-6-19-7-10-21)13-20-16(15)12-18(17)23-4-2/h11-13,19-20H,3-10H2,1-2H3. The zero-order valence-corrected chi connectivity index (χ0v) is 14.2. The molecular weight excluding hydrogens is 290 g/mol. The lowest BCUT2D eigenvalue weighted by molar-refractivity contribution is 0.244. The molecule has 23 heavy (non-hydrogen) atoms. The van der Waals surface area contributed by atoms with Crippen LogP contribution >= 0.6 is 0 Å². The first kappa shape index (κ1) is 16.1. The fourth-order valence-electron chi connectivity index (χ4n) is 3.14. The molecule has 0 unspecified atom stereocenters. The number of H-pyrrole nitrogens is 1. The lowest BCUT2D eigenvalue weighted by Crippen LogP contribution is -2.44. The number of nitrogens with one attached hydrogen (secondary N) is 2. The van der Waals surface area contributed by atoms with Crippen LogP contribution in [0, 0.1) is 0 Å². The molecule has 3 rings (SSSR count). The van der Waals surface area contributed by atoms with E-state index >= 15 is 0 Å². The third kappa shape index (κ3) is 3.79. The van der Waals surface area contributed by atoms with Crippen LogP contribution in [0.5, 0.6) is 11.5 Å². The fraction of sp³-hybridized carbons (Fsp3) is 0.556. The maximum atomic E-state index is 5.76. The summed E-state index contributed by atoms with van der Waals surface area (Å²) in [5, 5.41) is 4.64. The number of hydrogen-bond acceptors (Lipinski definition) is 4. The van der Waals surface area contributed by atoms with Crippen LogP contribution < -0.4 is 14.8 Å². The van der Waals surface area contributed by atoms with Crippen molar-refractivity contribution in [3.05, 3.63) is 23.9 Å². The minimum Gasteiger partial charge on any atom is -0.490 e. The molecule has 5 heteroatoms. The van der Waals surface area contributed by atoms with E-state index in [9.17, 15) is 0 Å². The Morgan fingerprint density at radius 3 is 2.43 bits per heavy atom. The van der Waals surface area contributed by atoms with Crippen LogP contribution in [-0.2, 0) is 6.42 Å². The molecule has 0 atom stereocenters. The summed E-state index contributed by atoms with van der Waals surface area (Å²) in [7, 11) is 0. The molecule has 2 aromatic rings. The second-order valence-electron chi connectivity index (χ2n) is 5.87. The minimum atomic E-state index is 0.641. The molecule has 1 aromatic heterocycles. The molecule has 1 saturated heterocycles. The Kier molecular flexibility index (Phi) is 5.41. The van der Waals surface area contributed by atoms with Crippen LogP contribution in [0.2, 0.25) is 0 Å². The van der Waals surface area contributed by atoms with Gasteiger partial charge in [-0.15, -0.1) is 0 Å². The highest BCUT2D eigenvalue weighted by molar-refractivity contribution is 5.86. The number of benzene rings is 1. The molecule has 1 aromatic carbocycles. The third-order valence-corrected chi connectivity index (χ3v) is 4.34. The second-order valence-corrected chi connectivity index (χ2v) is 5.87. The number of piperazine rings is 1. The molecule has 1 fully saturated rings. The fourth-order valence-corrected chi connectivity index (χ4v) is 3.14. The average molecular weight is 317 g/mol. The molecule has 0 amide bonds. The Balaban J connectivity index is 1.79. The van der Waals surface area contributed by atoms with Gasteiger partial charge in [0.1, 0.15) is 0 Å². The predicted octanol–water partition coefficient (Wildman–Crippen LogP) is 2.41. The predicted molar refractivity (Wildman–Crippen MR) is 93.7 cm³/mol. The van der Waals surface area contributed by atoms with Crippen molar-refractivity contribution in [3.8, 4) is 11.5 Å². The zero-order chi connectivity index (χ0) is 16.1. The van der Waals surface area contributed by atoms with Crippen LogP contribution in [0.1, 0.15) is 19.4 Å². The molecule has 0 bridgehead atoms. The normalized spacial score (nSPS) is 15.9. The number of hydrogen-bond donors (Lipinski definition) is 2. The third-order valence-electron chi connectivity index (χ3n) is 4.34. The topological polar surface area (TPSA) is 49.5 Å². The van der Waals surface area contributed by atoms with Gasteiger partial charge in [0.15, 0.2) is 11.5 Å². The van der Waals surface area contributed by atoms with Crippen molar-refractivity contribution in [1.29, 1.82) is 0 Å². The smallest absolute Gasteiger partial charge is 0.163 e. The van der Waals surface area contributed by atoms with Gasteiger partial charge >= 0.3 is 0 Å². The lowest BCUT2D eigenvalue weighted by Gasteiger charge is -2.26. The molecule has 0 radical (unpaired) electrons. The Bertz CT molecular complexity index is 632. The lowest BCUT2D eigenvalue weighted by atomic mass is 10.1. The van der Waals surface area contributed by atoms with Crippen molar-refractivity contribution in [2.75, 3.05) is 45.9 Å². The molecule has 5 nitrogen and oxygen atoms in total. The van der Waals surface area contributed by atoms with Gasteiger partial charge in [-0.3, -0.25) is 0 Å². The van der Waals surface area contributed by atoms with Crippen molar-refractivity contribution in [2.24, 2.45) is 0 Å². The summed E-state index contributed by atoms with van der Waals surface area (Å²) in [6.07, 6.45) is 3.18. The van der Waals surface area contributed by atoms with Gasteiger partial charge in [-0.25, -0.2) is 0 Å². The first-order chi connectivity index (χ1) is 11.3. The SMILES string of the molecule is CCOc1cc2[nH]cc(CCN3CCNCC3)c2cc1OCC. The molecule has 126 valence electrons. The summed E-state index contributed by atoms with van der Waals surface area (Å²) < 4.78 is 11.5. The van der Waals surface area contributed by atoms with E-state index in [2.05, 4.69) is 33.5 Å². The molecule has 2 heterocycles. The Morgan fingerprint density at radius 1 is 1.04 bits per heavy atom. The summed E-state index contributed by atoms with van der Waals surface area (Å²) in [5.41, 5.74) is 2.47. The van der Waals surface area contributed by atoms with Gasteiger partial charge in [0.05, 0.1) is 13.2 Å². The largest absolute Gasteiger partial charge is 0.490 e. The number of rotatable bonds is 7. The highest BCUT2D eigenvalue weighted by atomic mass is 16.5. The van der Waals surface area contributed by atoms with Gasteiger partial charge in [-0.1, -0.05) is 0 Å². The van der Waals surface area contributed by atoms with Crippen LogP contribution in [0.4, 0.5) is 0 Å². The molecule has 0 aliphatic carbocycles. The minimum absolute atomic E-state index is 0.641. The highest BCUT2D eigenvalue weighted by Crippen LogP contribution is 2.34. The first-order valence-electron chi connectivity index (χ1n) is 8.64. The van der Waals surface area contributed by atoms with Crippen molar-refractivity contribution in [3.63, 3.8) is 0 Å².